The van der Waals surface area contributed by atoms with Crippen LogP contribution in [0.2, 0.25) is 0 Å². The Balaban J connectivity index is 1.73. The molecule has 0 spiro atoms. The van der Waals surface area contributed by atoms with Crippen LogP contribution in [-0.4, -0.2) is 30.1 Å². The molecule has 2 nitrogen and oxygen atoms in total. The highest BCUT2D eigenvalue weighted by molar-refractivity contribution is 5.18. The van der Waals surface area contributed by atoms with E-state index in [2.05, 4.69) is 84.7 Å². The van der Waals surface area contributed by atoms with Crippen LogP contribution >= 0.6 is 0 Å². The molecule has 2 heteroatoms. The summed E-state index contributed by atoms with van der Waals surface area (Å²) in [5.74, 6) is 0.723. The highest BCUT2D eigenvalue weighted by Crippen LogP contribution is 2.20. The molecule has 1 aliphatic heterocycles. The third-order valence-corrected chi connectivity index (χ3v) is 5.44. The third kappa shape index (κ3) is 4.46. The number of piperazine rings is 1. The molecule has 1 heterocycles. The molecule has 0 radical (unpaired) electrons. The SMILES string of the molecule is CCC(C)C1CN(Cc2ccccc2)C(Cc2ccccc2)CN1. The minimum absolute atomic E-state index is 0.563. The van der Waals surface area contributed by atoms with Crippen LogP contribution in [0.15, 0.2) is 60.7 Å². The van der Waals surface area contributed by atoms with Gasteiger partial charge in [0, 0.05) is 31.7 Å². The fourth-order valence-electron chi connectivity index (χ4n) is 3.65. The zero-order valence-electron chi connectivity index (χ0n) is 15.0. The van der Waals surface area contributed by atoms with Crippen molar-refractivity contribution in [2.75, 3.05) is 13.1 Å². The normalized spacial score (nSPS) is 23.1. The summed E-state index contributed by atoms with van der Waals surface area (Å²) in [6, 6.07) is 23.0. The quantitative estimate of drug-likeness (QED) is 0.861. The molecular formula is C22H30N2. The highest BCUT2D eigenvalue weighted by atomic mass is 15.2. The summed E-state index contributed by atoms with van der Waals surface area (Å²) in [4.78, 5) is 2.69. The van der Waals surface area contributed by atoms with Gasteiger partial charge < -0.3 is 5.32 Å². The molecule has 1 aliphatic rings. The van der Waals surface area contributed by atoms with Crippen molar-refractivity contribution in [3.05, 3.63) is 71.8 Å². The van der Waals surface area contributed by atoms with E-state index in [4.69, 9.17) is 0 Å². The smallest absolute Gasteiger partial charge is 0.0265 e. The molecule has 128 valence electrons. The Morgan fingerprint density at radius 2 is 1.62 bits per heavy atom. The van der Waals surface area contributed by atoms with Crippen LogP contribution in [-0.2, 0) is 13.0 Å². The number of rotatable bonds is 6. The van der Waals surface area contributed by atoms with Crippen molar-refractivity contribution in [3.8, 4) is 0 Å². The van der Waals surface area contributed by atoms with Gasteiger partial charge in [-0.2, -0.15) is 0 Å². The average molecular weight is 322 g/mol. The maximum atomic E-state index is 3.81. The molecule has 3 rings (SSSR count). The fourth-order valence-corrected chi connectivity index (χ4v) is 3.65. The van der Waals surface area contributed by atoms with Crippen LogP contribution < -0.4 is 5.32 Å². The van der Waals surface area contributed by atoms with Crippen molar-refractivity contribution in [3.63, 3.8) is 0 Å². The zero-order chi connectivity index (χ0) is 16.8. The van der Waals surface area contributed by atoms with Crippen LogP contribution in [0.1, 0.15) is 31.4 Å². The van der Waals surface area contributed by atoms with Crippen LogP contribution in [0.4, 0.5) is 0 Å². The first kappa shape index (κ1) is 17.2. The number of nitrogens with one attached hydrogen (secondary N) is 1. The second kappa shape index (κ2) is 8.46. The summed E-state index contributed by atoms with van der Waals surface area (Å²) in [5.41, 5.74) is 2.85. The van der Waals surface area contributed by atoms with Gasteiger partial charge in [-0.25, -0.2) is 0 Å². The Morgan fingerprint density at radius 1 is 1.00 bits per heavy atom. The number of benzene rings is 2. The van der Waals surface area contributed by atoms with Crippen LogP contribution in [0, 0.1) is 5.92 Å². The zero-order valence-corrected chi connectivity index (χ0v) is 15.0. The predicted molar refractivity (Wildman–Crippen MR) is 102 cm³/mol. The van der Waals surface area contributed by atoms with Gasteiger partial charge in [0.15, 0.2) is 0 Å². The van der Waals surface area contributed by atoms with Gasteiger partial charge in [-0.05, 0) is 23.5 Å². The molecule has 1 N–H and O–H groups in total. The number of nitrogens with zero attached hydrogens (tertiary/aromatic N) is 1. The lowest BCUT2D eigenvalue weighted by Crippen LogP contribution is -2.58. The van der Waals surface area contributed by atoms with Gasteiger partial charge in [-0.3, -0.25) is 4.90 Å². The van der Waals surface area contributed by atoms with E-state index in [-0.39, 0.29) is 0 Å². The van der Waals surface area contributed by atoms with Crippen molar-refractivity contribution in [2.24, 2.45) is 5.92 Å². The average Bonchev–Trinajstić information content (AvgIpc) is 2.64. The van der Waals surface area contributed by atoms with E-state index in [0.29, 0.717) is 12.1 Å². The summed E-state index contributed by atoms with van der Waals surface area (Å²) < 4.78 is 0. The third-order valence-electron chi connectivity index (χ3n) is 5.44. The minimum atomic E-state index is 0.563. The first-order valence-corrected chi connectivity index (χ1v) is 9.31. The highest BCUT2D eigenvalue weighted by Gasteiger charge is 2.30. The lowest BCUT2D eigenvalue weighted by atomic mass is 9.93. The van der Waals surface area contributed by atoms with E-state index in [1.54, 1.807) is 0 Å². The molecule has 2 aromatic rings. The number of hydrogen-bond donors (Lipinski definition) is 1. The van der Waals surface area contributed by atoms with Gasteiger partial charge in [0.2, 0.25) is 0 Å². The molecule has 0 aliphatic carbocycles. The van der Waals surface area contributed by atoms with Gasteiger partial charge in [-0.15, -0.1) is 0 Å². The van der Waals surface area contributed by atoms with E-state index in [1.807, 2.05) is 0 Å². The van der Waals surface area contributed by atoms with E-state index >= 15 is 0 Å². The Morgan fingerprint density at radius 3 is 2.25 bits per heavy atom. The van der Waals surface area contributed by atoms with Crippen LogP contribution in [0.3, 0.4) is 0 Å². The first-order valence-electron chi connectivity index (χ1n) is 9.31. The van der Waals surface area contributed by atoms with E-state index in [0.717, 1.165) is 32.0 Å². The molecule has 2 aromatic carbocycles. The van der Waals surface area contributed by atoms with Crippen molar-refractivity contribution in [1.29, 1.82) is 0 Å². The maximum Gasteiger partial charge on any atom is 0.0265 e. The Kier molecular flexibility index (Phi) is 6.06. The second-order valence-electron chi connectivity index (χ2n) is 7.16. The first-order chi connectivity index (χ1) is 11.8. The molecule has 3 atom stereocenters. The second-order valence-corrected chi connectivity index (χ2v) is 7.16. The Labute approximate surface area is 146 Å². The molecule has 0 saturated carbocycles. The van der Waals surface area contributed by atoms with Gasteiger partial charge in [0.25, 0.3) is 0 Å². The molecular weight excluding hydrogens is 292 g/mol. The molecule has 0 bridgehead atoms. The predicted octanol–water partition coefficient (Wildman–Crippen LogP) is 4.12. The van der Waals surface area contributed by atoms with E-state index in [1.165, 1.54) is 17.5 Å². The van der Waals surface area contributed by atoms with Crippen LogP contribution in [0.5, 0.6) is 0 Å². The van der Waals surface area contributed by atoms with Gasteiger partial charge >= 0.3 is 0 Å². The van der Waals surface area contributed by atoms with E-state index in [9.17, 15) is 0 Å². The lowest BCUT2D eigenvalue weighted by molar-refractivity contribution is 0.102. The van der Waals surface area contributed by atoms with Crippen molar-refractivity contribution in [1.82, 2.24) is 10.2 Å². The molecule has 0 aromatic heterocycles. The molecule has 24 heavy (non-hydrogen) atoms. The fraction of sp³-hybridized carbons (Fsp3) is 0.455. The van der Waals surface area contributed by atoms with Gasteiger partial charge in [-0.1, -0.05) is 80.9 Å². The number of hydrogen-bond acceptors (Lipinski definition) is 2. The summed E-state index contributed by atoms with van der Waals surface area (Å²) in [6.07, 6.45) is 2.36. The molecule has 1 saturated heterocycles. The van der Waals surface area contributed by atoms with Crippen molar-refractivity contribution >= 4 is 0 Å². The molecule has 3 unspecified atom stereocenters. The summed E-state index contributed by atoms with van der Waals surface area (Å²) in [7, 11) is 0. The maximum absolute atomic E-state index is 3.81. The van der Waals surface area contributed by atoms with Crippen molar-refractivity contribution < 1.29 is 0 Å². The monoisotopic (exact) mass is 322 g/mol. The largest absolute Gasteiger partial charge is 0.311 e. The summed E-state index contributed by atoms with van der Waals surface area (Å²) in [5, 5.41) is 3.81. The summed E-state index contributed by atoms with van der Waals surface area (Å²) >= 11 is 0. The topological polar surface area (TPSA) is 15.3 Å². The summed E-state index contributed by atoms with van der Waals surface area (Å²) in [6.45, 7) is 7.94. The standard InChI is InChI=1S/C22H30N2/c1-3-18(2)22-17-24(16-20-12-8-5-9-13-20)21(15-23-22)14-19-10-6-4-7-11-19/h4-13,18,21-23H,3,14-17H2,1-2H3. The Bertz CT molecular complexity index is 596. The van der Waals surface area contributed by atoms with Crippen molar-refractivity contribution in [2.45, 2.75) is 45.3 Å². The lowest BCUT2D eigenvalue weighted by Gasteiger charge is -2.42. The Hall–Kier alpha value is -1.64. The minimum Gasteiger partial charge on any atom is -0.311 e. The molecule has 0 amide bonds. The van der Waals surface area contributed by atoms with Gasteiger partial charge in [0.1, 0.15) is 0 Å². The molecule has 1 fully saturated rings. The van der Waals surface area contributed by atoms with Crippen LogP contribution in [0.25, 0.3) is 0 Å². The van der Waals surface area contributed by atoms with Gasteiger partial charge in [0.05, 0.1) is 0 Å². The van der Waals surface area contributed by atoms with E-state index < -0.39 is 0 Å².